The smallest absolute Gasteiger partial charge is 0.258 e. The summed E-state index contributed by atoms with van der Waals surface area (Å²) >= 11 is 6.04. The Morgan fingerprint density at radius 2 is 2.25 bits per heavy atom. The quantitative estimate of drug-likeness (QED) is 0.344. The van der Waals surface area contributed by atoms with Gasteiger partial charge in [0.25, 0.3) is 5.91 Å². The second-order valence-electron chi connectivity index (χ2n) is 4.04. The summed E-state index contributed by atoms with van der Waals surface area (Å²) in [7, 11) is 1.72. The number of nitrogens with zero attached hydrogens (tertiary/aromatic N) is 3. The lowest BCUT2D eigenvalue weighted by molar-refractivity contribution is 0.102. The number of aryl methyl sites for hydroxylation is 1. The van der Waals surface area contributed by atoms with Gasteiger partial charge in [-0.05, 0) is 18.2 Å². The minimum absolute atomic E-state index is 0.0583. The summed E-state index contributed by atoms with van der Waals surface area (Å²) in [6.45, 7) is 0. The minimum Gasteiger partial charge on any atom is -0.409 e. The first-order chi connectivity index (χ1) is 9.51. The van der Waals surface area contributed by atoms with Crippen molar-refractivity contribution in [3.8, 4) is 0 Å². The first kappa shape index (κ1) is 13.9. The van der Waals surface area contributed by atoms with Crippen molar-refractivity contribution >= 4 is 29.0 Å². The first-order valence-electron chi connectivity index (χ1n) is 5.58. The van der Waals surface area contributed by atoms with E-state index in [4.69, 9.17) is 22.5 Å². The second-order valence-corrected chi connectivity index (χ2v) is 4.44. The van der Waals surface area contributed by atoms with Crippen LogP contribution in [0.1, 0.15) is 15.9 Å². The van der Waals surface area contributed by atoms with Gasteiger partial charge < -0.3 is 16.3 Å². The third kappa shape index (κ3) is 2.89. The van der Waals surface area contributed by atoms with Gasteiger partial charge in [0.15, 0.2) is 5.84 Å². The Labute approximate surface area is 119 Å². The lowest BCUT2D eigenvalue weighted by Gasteiger charge is -2.07. The van der Waals surface area contributed by atoms with Crippen LogP contribution in [0.25, 0.3) is 0 Å². The molecule has 0 fully saturated rings. The van der Waals surface area contributed by atoms with Crippen LogP contribution in [0, 0.1) is 0 Å². The molecular weight excluding hydrogens is 282 g/mol. The van der Waals surface area contributed by atoms with Crippen LogP contribution in [0.2, 0.25) is 5.02 Å². The van der Waals surface area contributed by atoms with Crippen LogP contribution in [0.15, 0.2) is 35.7 Å². The van der Waals surface area contributed by atoms with Gasteiger partial charge >= 0.3 is 0 Å². The zero-order chi connectivity index (χ0) is 14.7. The molecule has 1 amide bonds. The van der Waals surface area contributed by atoms with Gasteiger partial charge in [-0.2, -0.15) is 5.10 Å². The molecule has 0 atom stereocenters. The summed E-state index contributed by atoms with van der Waals surface area (Å²) in [5.41, 5.74) is 6.75. The number of oxime groups is 1. The van der Waals surface area contributed by atoms with Crippen molar-refractivity contribution in [2.45, 2.75) is 0 Å². The van der Waals surface area contributed by atoms with Crippen LogP contribution in [-0.4, -0.2) is 26.7 Å². The minimum atomic E-state index is -0.323. The van der Waals surface area contributed by atoms with E-state index in [1.54, 1.807) is 25.4 Å². The number of nitrogens with two attached hydrogens (primary N) is 1. The van der Waals surface area contributed by atoms with Crippen molar-refractivity contribution in [1.82, 2.24) is 9.78 Å². The van der Waals surface area contributed by atoms with Gasteiger partial charge in [-0.3, -0.25) is 9.48 Å². The maximum Gasteiger partial charge on any atom is 0.258 e. The molecule has 2 aromatic rings. The Morgan fingerprint density at radius 1 is 1.50 bits per heavy atom. The molecule has 1 aromatic heterocycles. The number of halogens is 1. The fraction of sp³-hybridized carbons (Fsp3) is 0.0833. The van der Waals surface area contributed by atoms with Crippen LogP contribution >= 0.6 is 11.6 Å². The fourth-order valence-electron chi connectivity index (χ4n) is 1.57. The monoisotopic (exact) mass is 293 g/mol. The molecule has 0 saturated heterocycles. The highest BCUT2D eigenvalue weighted by Crippen LogP contribution is 2.23. The van der Waals surface area contributed by atoms with E-state index in [-0.39, 0.29) is 16.8 Å². The van der Waals surface area contributed by atoms with Gasteiger partial charge in [0, 0.05) is 18.8 Å². The molecule has 7 nitrogen and oxygen atoms in total. The molecule has 0 unspecified atom stereocenters. The maximum atomic E-state index is 11.9. The third-order valence-corrected chi connectivity index (χ3v) is 2.90. The third-order valence-electron chi connectivity index (χ3n) is 2.59. The SMILES string of the molecule is Cn1cc(C(=O)Nc2ccc(/C(N)=N/O)cc2Cl)cn1. The van der Waals surface area contributed by atoms with Gasteiger partial charge in [0.1, 0.15) is 0 Å². The summed E-state index contributed by atoms with van der Waals surface area (Å²) < 4.78 is 1.53. The van der Waals surface area contributed by atoms with Gasteiger partial charge in [-0.15, -0.1) is 0 Å². The van der Waals surface area contributed by atoms with Gasteiger partial charge in [-0.1, -0.05) is 16.8 Å². The van der Waals surface area contributed by atoms with Crippen molar-refractivity contribution < 1.29 is 10.0 Å². The molecule has 0 aliphatic rings. The second kappa shape index (κ2) is 5.62. The van der Waals surface area contributed by atoms with Crippen molar-refractivity contribution in [2.75, 3.05) is 5.32 Å². The fourth-order valence-corrected chi connectivity index (χ4v) is 1.79. The molecule has 1 heterocycles. The number of benzene rings is 1. The molecule has 0 bridgehead atoms. The van der Waals surface area contributed by atoms with Gasteiger partial charge in [0.2, 0.25) is 0 Å². The maximum absolute atomic E-state index is 11.9. The molecular formula is C12H12ClN5O2. The molecule has 0 radical (unpaired) electrons. The number of amides is 1. The molecule has 2 rings (SSSR count). The number of anilines is 1. The average Bonchev–Trinajstić information content (AvgIpc) is 2.86. The van der Waals surface area contributed by atoms with Crippen LogP contribution in [0.5, 0.6) is 0 Å². The van der Waals surface area contributed by atoms with Crippen LogP contribution in [0.4, 0.5) is 5.69 Å². The molecule has 1 aromatic carbocycles. The van der Waals surface area contributed by atoms with E-state index in [2.05, 4.69) is 15.6 Å². The predicted molar refractivity (Wildman–Crippen MR) is 75.1 cm³/mol. The molecule has 20 heavy (non-hydrogen) atoms. The molecule has 0 aliphatic heterocycles. The van der Waals surface area contributed by atoms with Crippen LogP contribution in [0.3, 0.4) is 0 Å². The highest BCUT2D eigenvalue weighted by atomic mass is 35.5. The van der Waals surface area contributed by atoms with E-state index < -0.39 is 0 Å². The highest BCUT2D eigenvalue weighted by Gasteiger charge is 2.11. The van der Waals surface area contributed by atoms with Crippen molar-refractivity contribution in [3.05, 3.63) is 46.7 Å². The van der Waals surface area contributed by atoms with Crippen LogP contribution < -0.4 is 11.1 Å². The Hall–Kier alpha value is -2.54. The first-order valence-corrected chi connectivity index (χ1v) is 5.96. The van der Waals surface area contributed by atoms with E-state index in [9.17, 15) is 4.79 Å². The van der Waals surface area contributed by atoms with Crippen molar-refractivity contribution in [1.29, 1.82) is 0 Å². The zero-order valence-corrected chi connectivity index (χ0v) is 11.3. The molecule has 0 spiro atoms. The lowest BCUT2D eigenvalue weighted by Crippen LogP contribution is -2.14. The largest absolute Gasteiger partial charge is 0.409 e. The normalized spacial score (nSPS) is 11.4. The summed E-state index contributed by atoms with van der Waals surface area (Å²) in [5, 5.41) is 18.3. The van der Waals surface area contributed by atoms with E-state index in [0.717, 1.165) is 0 Å². The summed E-state index contributed by atoms with van der Waals surface area (Å²) in [4.78, 5) is 11.9. The Bertz CT molecular complexity index is 680. The standard InChI is InChI=1S/C12H12ClN5O2/c1-18-6-8(5-15-18)12(19)16-10-3-2-7(4-9(10)13)11(14)17-20/h2-6,20H,1H3,(H2,14,17)(H,16,19). The molecule has 104 valence electrons. The summed E-state index contributed by atoms with van der Waals surface area (Å²) in [5.74, 6) is -0.381. The van der Waals surface area contributed by atoms with E-state index in [0.29, 0.717) is 16.8 Å². The Morgan fingerprint density at radius 3 is 2.80 bits per heavy atom. The average molecular weight is 294 g/mol. The topological polar surface area (TPSA) is 106 Å². The molecule has 0 saturated carbocycles. The Balaban J connectivity index is 2.20. The summed E-state index contributed by atoms with van der Waals surface area (Å²) in [6.07, 6.45) is 3.04. The Kier molecular flexibility index (Phi) is 3.90. The van der Waals surface area contributed by atoms with E-state index >= 15 is 0 Å². The number of carbonyl (C=O) groups excluding carboxylic acids is 1. The van der Waals surface area contributed by atoms with Crippen molar-refractivity contribution in [3.63, 3.8) is 0 Å². The van der Waals surface area contributed by atoms with Crippen LogP contribution in [-0.2, 0) is 7.05 Å². The van der Waals surface area contributed by atoms with E-state index in [1.807, 2.05) is 0 Å². The number of rotatable bonds is 3. The van der Waals surface area contributed by atoms with Gasteiger partial charge in [0.05, 0.1) is 22.5 Å². The number of aromatic nitrogens is 2. The predicted octanol–water partition coefficient (Wildman–Crippen LogP) is 1.42. The number of carbonyl (C=O) groups is 1. The highest BCUT2D eigenvalue weighted by molar-refractivity contribution is 6.34. The summed E-state index contributed by atoms with van der Waals surface area (Å²) in [6, 6.07) is 4.65. The number of nitrogens with one attached hydrogen (secondary N) is 1. The van der Waals surface area contributed by atoms with Crippen molar-refractivity contribution in [2.24, 2.45) is 17.9 Å². The molecule has 0 aliphatic carbocycles. The van der Waals surface area contributed by atoms with E-state index in [1.165, 1.54) is 16.9 Å². The molecule has 8 heteroatoms. The number of hydrogen-bond acceptors (Lipinski definition) is 4. The lowest BCUT2D eigenvalue weighted by atomic mass is 10.2. The number of hydrogen-bond donors (Lipinski definition) is 3. The van der Waals surface area contributed by atoms with Gasteiger partial charge in [-0.25, -0.2) is 0 Å². The zero-order valence-electron chi connectivity index (χ0n) is 10.5. The molecule has 4 N–H and O–H groups in total. The number of amidine groups is 1.